The van der Waals surface area contributed by atoms with Gasteiger partial charge in [-0.1, -0.05) is 85.6 Å². The molecular formula is C37H41N3O5S. The van der Waals surface area contributed by atoms with Crippen LogP contribution in [-0.4, -0.2) is 50.9 Å². The van der Waals surface area contributed by atoms with Crippen LogP contribution in [0.5, 0.6) is 5.75 Å². The van der Waals surface area contributed by atoms with Gasteiger partial charge >= 0.3 is 0 Å². The van der Waals surface area contributed by atoms with Gasteiger partial charge in [0.1, 0.15) is 18.3 Å². The van der Waals surface area contributed by atoms with E-state index in [9.17, 15) is 18.0 Å². The largest absolute Gasteiger partial charge is 0.497 e. The molecule has 9 heteroatoms. The number of ether oxygens (including phenoxy) is 1. The van der Waals surface area contributed by atoms with Crippen molar-refractivity contribution in [1.82, 2.24) is 10.2 Å². The highest BCUT2D eigenvalue weighted by Crippen LogP contribution is 2.27. The number of benzene rings is 4. The third-order valence-electron chi connectivity index (χ3n) is 8.55. The Balaban J connectivity index is 1.56. The Morgan fingerprint density at radius 2 is 1.46 bits per heavy atom. The molecule has 1 N–H and O–H groups in total. The van der Waals surface area contributed by atoms with Crippen molar-refractivity contribution in [3.05, 3.63) is 126 Å². The number of carbonyl (C=O) groups excluding carboxylic acids is 2. The average Bonchev–Trinajstić information content (AvgIpc) is 3.60. The number of methoxy groups -OCH3 is 1. The lowest BCUT2D eigenvalue weighted by Gasteiger charge is -2.34. The topological polar surface area (TPSA) is 96.0 Å². The fourth-order valence-corrected chi connectivity index (χ4v) is 7.32. The van der Waals surface area contributed by atoms with Crippen molar-refractivity contribution >= 4 is 27.5 Å². The van der Waals surface area contributed by atoms with E-state index in [1.807, 2.05) is 61.5 Å². The van der Waals surface area contributed by atoms with Gasteiger partial charge < -0.3 is 15.0 Å². The number of hydrogen-bond acceptors (Lipinski definition) is 5. The van der Waals surface area contributed by atoms with Crippen molar-refractivity contribution in [2.24, 2.45) is 0 Å². The van der Waals surface area contributed by atoms with Gasteiger partial charge in [-0.25, -0.2) is 8.42 Å². The third-order valence-corrected chi connectivity index (χ3v) is 10.3. The number of sulfonamides is 1. The molecule has 5 rings (SSSR count). The summed E-state index contributed by atoms with van der Waals surface area (Å²) < 4.78 is 34.7. The van der Waals surface area contributed by atoms with Crippen LogP contribution in [-0.2, 0) is 32.6 Å². The van der Waals surface area contributed by atoms with Gasteiger partial charge in [-0.2, -0.15) is 0 Å². The van der Waals surface area contributed by atoms with Crippen molar-refractivity contribution in [3.63, 3.8) is 0 Å². The first-order valence-corrected chi connectivity index (χ1v) is 17.1. The monoisotopic (exact) mass is 639 g/mol. The number of aryl methyl sites for hydroxylation is 1. The lowest BCUT2D eigenvalue weighted by atomic mass is 10.0. The van der Waals surface area contributed by atoms with Crippen molar-refractivity contribution in [3.8, 4) is 5.75 Å². The van der Waals surface area contributed by atoms with Gasteiger partial charge in [0, 0.05) is 19.0 Å². The summed E-state index contributed by atoms with van der Waals surface area (Å²) in [5.74, 6) is -0.166. The molecule has 0 saturated heterocycles. The van der Waals surface area contributed by atoms with Crippen LogP contribution < -0.4 is 14.4 Å². The average molecular weight is 640 g/mol. The number of nitrogens with zero attached hydrogens (tertiary/aromatic N) is 2. The molecule has 0 heterocycles. The summed E-state index contributed by atoms with van der Waals surface area (Å²) in [7, 11) is -2.63. The number of hydrogen-bond donors (Lipinski definition) is 1. The van der Waals surface area contributed by atoms with Crippen LogP contribution in [0.25, 0.3) is 0 Å². The van der Waals surface area contributed by atoms with Crippen LogP contribution in [0.1, 0.15) is 42.4 Å². The number of anilines is 1. The second-order valence-corrected chi connectivity index (χ2v) is 13.5. The number of carbonyl (C=O) groups is 2. The number of nitrogens with one attached hydrogen (secondary N) is 1. The van der Waals surface area contributed by atoms with Crippen molar-refractivity contribution < 1.29 is 22.7 Å². The first-order chi connectivity index (χ1) is 22.3. The van der Waals surface area contributed by atoms with E-state index in [0.717, 1.165) is 46.7 Å². The Labute approximate surface area is 272 Å². The molecule has 4 aromatic rings. The van der Waals surface area contributed by atoms with Gasteiger partial charge in [-0.3, -0.25) is 13.9 Å². The molecular weight excluding hydrogens is 598 g/mol. The van der Waals surface area contributed by atoms with Gasteiger partial charge in [-0.05, 0) is 72.9 Å². The zero-order valence-corrected chi connectivity index (χ0v) is 27.2. The Kier molecular flexibility index (Phi) is 10.8. The number of rotatable bonds is 13. The molecule has 0 spiro atoms. The summed E-state index contributed by atoms with van der Waals surface area (Å²) in [5.41, 5.74) is 3.06. The van der Waals surface area contributed by atoms with E-state index in [0.29, 0.717) is 11.4 Å². The van der Waals surface area contributed by atoms with Crippen molar-refractivity contribution in [1.29, 1.82) is 0 Å². The predicted octanol–water partition coefficient (Wildman–Crippen LogP) is 5.90. The maximum Gasteiger partial charge on any atom is 0.264 e. The number of amides is 2. The lowest BCUT2D eigenvalue weighted by Crippen LogP contribution is -2.54. The van der Waals surface area contributed by atoms with E-state index in [4.69, 9.17) is 4.74 Å². The van der Waals surface area contributed by atoms with Crippen LogP contribution in [0.15, 0.2) is 114 Å². The minimum atomic E-state index is -4.16. The normalized spacial score (nSPS) is 14.0. The van der Waals surface area contributed by atoms with Crippen molar-refractivity contribution in [2.75, 3.05) is 18.0 Å². The molecule has 1 atom stereocenters. The fourth-order valence-electron chi connectivity index (χ4n) is 5.89. The zero-order chi connectivity index (χ0) is 32.5. The molecule has 0 aliphatic heterocycles. The maximum atomic E-state index is 14.6. The molecule has 1 aliphatic rings. The predicted molar refractivity (Wildman–Crippen MR) is 180 cm³/mol. The summed E-state index contributed by atoms with van der Waals surface area (Å²) in [4.78, 5) is 30.4. The van der Waals surface area contributed by atoms with Gasteiger partial charge in [0.15, 0.2) is 0 Å². The maximum absolute atomic E-state index is 14.6. The lowest BCUT2D eigenvalue weighted by molar-refractivity contribution is -0.140. The molecule has 0 bridgehead atoms. The summed E-state index contributed by atoms with van der Waals surface area (Å²) in [5, 5.41) is 3.21. The summed E-state index contributed by atoms with van der Waals surface area (Å²) in [6.45, 7) is 1.60. The molecule has 4 aromatic carbocycles. The van der Waals surface area contributed by atoms with Gasteiger partial charge in [0.2, 0.25) is 11.8 Å². The van der Waals surface area contributed by atoms with Crippen LogP contribution in [0.3, 0.4) is 0 Å². The quantitative estimate of drug-likeness (QED) is 0.197. The molecule has 46 heavy (non-hydrogen) atoms. The molecule has 240 valence electrons. The minimum Gasteiger partial charge on any atom is -0.497 e. The molecule has 1 saturated carbocycles. The Morgan fingerprint density at radius 3 is 2.09 bits per heavy atom. The molecule has 1 aliphatic carbocycles. The SMILES string of the molecule is COc1ccc(N(CC(=O)N(Cc2ccccc2C)C(Cc2ccccc2)C(=O)NC2CCCC2)S(=O)(=O)c2ccccc2)cc1. The van der Waals surface area contributed by atoms with Gasteiger partial charge in [0.05, 0.1) is 17.7 Å². The van der Waals surface area contributed by atoms with E-state index in [1.165, 1.54) is 19.2 Å². The first-order valence-electron chi connectivity index (χ1n) is 15.7. The second-order valence-electron chi connectivity index (χ2n) is 11.7. The molecule has 1 unspecified atom stereocenters. The van der Waals surface area contributed by atoms with Gasteiger partial charge in [-0.15, -0.1) is 0 Å². The van der Waals surface area contributed by atoms with Crippen molar-refractivity contribution in [2.45, 2.75) is 62.6 Å². The van der Waals surface area contributed by atoms with Crippen LogP contribution in [0.2, 0.25) is 0 Å². The third kappa shape index (κ3) is 7.95. The highest BCUT2D eigenvalue weighted by molar-refractivity contribution is 7.92. The van der Waals surface area contributed by atoms with E-state index < -0.39 is 28.5 Å². The molecule has 0 aromatic heterocycles. The van der Waals surface area contributed by atoms with E-state index in [2.05, 4.69) is 5.32 Å². The van der Waals surface area contributed by atoms with E-state index in [1.54, 1.807) is 47.4 Å². The Hall–Kier alpha value is -4.63. The zero-order valence-electron chi connectivity index (χ0n) is 26.3. The fraction of sp³-hybridized carbons (Fsp3) is 0.297. The first kappa shape index (κ1) is 32.8. The summed E-state index contributed by atoms with van der Waals surface area (Å²) in [6, 6.07) is 31.1. The van der Waals surface area contributed by atoms with E-state index >= 15 is 0 Å². The molecule has 0 radical (unpaired) electrons. The van der Waals surface area contributed by atoms with E-state index in [-0.39, 0.29) is 29.8 Å². The summed E-state index contributed by atoms with van der Waals surface area (Å²) in [6.07, 6.45) is 4.18. The minimum absolute atomic E-state index is 0.0513. The smallest absolute Gasteiger partial charge is 0.264 e. The van der Waals surface area contributed by atoms with Crippen LogP contribution in [0.4, 0.5) is 5.69 Å². The van der Waals surface area contributed by atoms with Crippen LogP contribution in [0, 0.1) is 6.92 Å². The van der Waals surface area contributed by atoms with Crippen LogP contribution >= 0.6 is 0 Å². The van der Waals surface area contributed by atoms with Gasteiger partial charge in [0.25, 0.3) is 10.0 Å². The molecule has 1 fully saturated rings. The second kappa shape index (κ2) is 15.1. The highest BCUT2D eigenvalue weighted by Gasteiger charge is 2.35. The standard InChI is InChI=1S/C37H41N3O5S/c1-28-13-9-10-16-30(28)26-39(35(25-29-14-5-3-6-15-29)37(42)38-31-17-11-12-18-31)36(41)27-40(32-21-23-33(45-2)24-22-32)46(43,44)34-19-7-4-8-20-34/h3-10,13-16,19-24,31,35H,11-12,17-18,25-27H2,1-2H3,(H,38,42). The highest BCUT2D eigenvalue weighted by atomic mass is 32.2. The molecule has 2 amide bonds. The summed E-state index contributed by atoms with van der Waals surface area (Å²) >= 11 is 0. The Morgan fingerprint density at radius 1 is 0.848 bits per heavy atom. The Bertz CT molecular complexity index is 1710. The molecule has 8 nitrogen and oxygen atoms in total.